The van der Waals surface area contributed by atoms with Crippen molar-refractivity contribution < 1.29 is 15.2 Å². The monoisotopic (exact) mass is 249 g/mol. The third-order valence-electron chi connectivity index (χ3n) is 2.13. The molecule has 0 aromatic rings. The maximum absolute atomic E-state index is 7.84. The van der Waals surface area contributed by atoms with Gasteiger partial charge in [-0.05, 0) is 27.6 Å². The molecule has 0 bridgehead atoms. The zero-order valence-electron chi connectivity index (χ0n) is 12.1. The Bertz CT molecular complexity index is 108. The highest BCUT2D eigenvalue weighted by Crippen LogP contribution is 2.08. The minimum Gasteiger partial charge on any atom is -0.312 e. The Morgan fingerprint density at radius 2 is 1.24 bits per heavy atom. The van der Waals surface area contributed by atoms with E-state index < -0.39 is 0 Å². The van der Waals surface area contributed by atoms with Crippen molar-refractivity contribution in [2.75, 3.05) is 27.7 Å². The predicted molar refractivity (Wildman–Crippen MR) is 71.9 cm³/mol. The van der Waals surface area contributed by atoms with Gasteiger partial charge in [0.05, 0.1) is 6.61 Å². The molecular weight excluding hydrogens is 218 g/mol. The molecule has 0 aromatic heterocycles. The molecule has 1 N–H and O–H groups in total. The lowest BCUT2D eigenvalue weighted by molar-refractivity contribution is -0.490. The number of nitrogens with zero attached hydrogens (tertiary/aromatic N) is 1. The average Bonchev–Trinajstić information content (AvgIpc) is 2.26. The lowest BCUT2D eigenvalue weighted by Crippen LogP contribution is -1.99. The van der Waals surface area contributed by atoms with E-state index in [1.165, 1.54) is 38.5 Å². The molecule has 0 saturated heterocycles. The molecule has 0 fully saturated rings. The molecule has 0 aliphatic rings. The van der Waals surface area contributed by atoms with Gasteiger partial charge < -0.3 is 4.90 Å². The first kappa shape index (κ1) is 19.2. The standard InChI is InChI=1S/C10H22O3.C3H9N/c1-2-3-4-5-6-7-8-9-10-12-13-11;1-4(2)3/h11H,2-10H2,1H3;1-3H3. The Hall–Kier alpha value is -0.160. The molecule has 0 amide bonds. The lowest BCUT2D eigenvalue weighted by atomic mass is 10.1. The molecule has 0 radical (unpaired) electrons. The summed E-state index contributed by atoms with van der Waals surface area (Å²) in [5, 5.41) is 11.3. The normalized spacial score (nSPS) is 10.2. The highest BCUT2D eigenvalue weighted by atomic mass is 17.5. The summed E-state index contributed by atoms with van der Waals surface area (Å²) in [6.45, 7) is 2.72. The number of hydrogen-bond acceptors (Lipinski definition) is 4. The number of rotatable bonds is 10. The van der Waals surface area contributed by atoms with Gasteiger partial charge in [-0.25, -0.2) is 10.1 Å². The summed E-state index contributed by atoms with van der Waals surface area (Å²) in [7, 11) is 6.00. The van der Waals surface area contributed by atoms with Gasteiger partial charge in [0.2, 0.25) is 0 Å². The van der Waals surface area contributed by atoms with Crippen LogP contribution < -0.4 is 0 Å². The van der Waals surface area contributed by atoms with E-state index in [2.05, 4.69) is 16.8 Å². The fourth-order valence-electron chi connectivity index (χ4n) is 1.33. The number of unbranched alkanes of at least 4 members (excludes halogenated alkanes) is 7. The van der Waals surface area contributed by atoms with E-state index >= 15 is 0 Å². The van der Waals surface area contributed by atoms with E-state index in [1.807, 2.05) is 26.0 Å². The van der Waals surface area contributed by atoms with Crippen LogP contribution in [0.2, 0.25) is 0 Å². The van der Waals surface area contributed by atoms with Crippen LogP contribution in [0.5, 0.6) is 0 Å². The van der Waals surface area contributed by atoms with E-state index in [-0.39, 0.29) is 0 Å². The topological polar surface area (TPSA) is 41.9 Å². The van der Waals surface area contributed by atoms with Crippen molar-refractivity contribution in [3.05, 3.63) is 0 Å². The SMILES string of the molecule is CCCCCCCCCCOOO.CN(C)C. The zero-order valence-corrected chi connectivity index (χ0v) is 12.1. The first-order valence-corrected chi connectivity index (χ1v) is 6.69. The first-order valence-electron chi connectivity index (χ1n) is 6.69. The summed E-state index contributed by atoms with van der Waals surface area (Å²) in [5.74, 6) is 0. The highest BCUT2D eigenvalue weighted by molar-refractivity contribution is 4.44. The molecule has 0 atom stereocenters. The van der Waals surface area contributed by atoms with Crippen LogP contribution in [0.25, 0.3) is 0 Å². The highest BCUT2D eigenvalue weighted by Gasteiger charge is 1.91. The number of hydrogen-bond donors (Lipinski definition) is 1. The van der Waals surface area contributed by atoms with Crippen molar-refractivity contribution in [2.24, 2.45) is 0 Å². The van der Waals surface area contributed by atoms with Gasteiger partial charge >= 0.3 is 0 Å². The van der Waals surface area contributed by atoms with Crippen molar-refractivity contribution in [1.29, 1.82) is 0 Å². The van der Waals surface area contributed by atoms with Crippen LogP contribution >= 0.6 is 0 Å². The van der Waals surface area contributed by atoms with Gasteiger partial charge in [-0.2, -0.15) is 0 Å². The van der Waals surface area contributed by atoms with Crippen LogP contribution in [0.3, 0.4) is 0 Å². The summed E-state index contributed by atoms with van der Waals surface area (Å²) in [4.78, 5) is 6.33. The summed E-state index contributed by atoms with van der Waals surface area (Å²) < 4.78 is 0. The summed E-state index contributed by atoms with van der Waals surface area (Å²) >= 11 is 0. The summed E-state index contributed by atoms with van der Waals surface area (Å²) in [6, 6.07) is 0. The van der Waals surface area contributed by atoms with Gasteiger partial charge in [0.1, 0.15) is 0 Å². The van der Waals surface area contributed by atoms with Crippen LogP contribution in [0.1, 0.15) is 58.3 Å². The van der Waals surface area contributed by atoms with E-state index in [9.17, 15) is 0 Å². The minimum atomic E-state index is 0.492. The summed E-state index contributed by atoms with van der Waals surface area (Å²) in [5.41, 5.74) is 0. The molecule has 0 aromatic carbocycles. The Labute approximate surface area is 107 Å². The third-order valence-corrected chi connectivity index (χ3v) is 2.13. The Morgan fingerprint density at radius 1 is 0.824 bits per heavy atom. The molecule has 0 aliphatic carbocycles. The largest absolute Gasteiger partial charge is 0.312 e. The van der Waals surface area contributed by atoms with Crippen LogP contribution in [0, 0.1) is 0 Å². The quantitative estimate of drug-likeness (QED) is 0.364. The molecule has 4 heteroatoms. The Morgan fingerprint density at radius 3 is 1.65 bits per heavy atom. The van der Waals surface area contributed by atoms with E-state index in [1.54, 1.807) is 0 Å². The third kappa shape index (κ3) is 31.3. The van der Waals surface area contributed by atoms with Crippen LogP contribution in [0.4, 0.5) is 0 Å². The van der Waals surface area contributed by atoms with Crippen molar-refractivity contribution in [3.8, 4) is 0 Å². The molecule has 0 heterocycles. The second-order valence-corrected chi connectivity index (χ2v) is 4.71. The van der Waals surface area contributed by atoms with Crippen LogP contribution in [-0.4, -0.2) is 37.9 Å². The second-order valence-electron chi connectivity index (χ2n) is 4.71. The van der Waals surface area contributed by atoms with E-state index in [0.29, 0.717) is 6.61 Å². The van der Waals surface area contributed by atoms with Gasteiger partial charge in [-0.3, -0.25) is 0 Å². The molecule has 0 spiro atoms. The molecule has 0 aliphatic heterocycles. The second kappa shape index (κ2) is 18.2. The molecule has 0 saturated carbocycles. The van der Waals surface area contributed by atoms with Gasteiger partial charge in [0.15, 0.2) is 0 Å². The van der Waals surface area contributed by atoms with E-state index in [0.717, 1.165) is 12.8 Å². The Kier molecular flexibility index (Phi) is 20.6. The fourth-order valence-corrected chi connectivity index (χ4v) is 1.33. The maximum Gasteiger partial charge on any atom is 0.0853 e. The van der Waals surface area contributed by atoms with Gasteiger partial charge in [-0.1, -0.05) is 56.9 Å². The summed E-state index contributed by atoms with van der Waals surface area (Å²) in [6.07, 6.45) is 10.1. The minimum absolute atomic E-state index is 0.492. The molecule has 0 rings (SSSR count). The molecule has 4 nitrogen and oxygen atoms in total. The smallest absolute Gasteiger partial charge is 0.0853 e. The predicted octanol–water partition coefficient (Wildman–Crippen LogP) is 3.73. The van der Waals surface area contributed by atoms with Crippen molar-refractivity contribution in [3.63, 3.8) is 0 Å². The lowest BCUT2D eigenvalue weighted by Gasteiger charge is -2.00. The van der Waals surface area contributed by atoms with Gasteiger partial charge in [0, 0.05) is 0 Å². The average molecular weight is 249 g/mol. The van der Waals surface area contributed by atoms with Crippen molar-refractivity contribution in [1.82, 2.24) is 4.90 Å². The fraction of sp³-hybridized carbons (Fsp3) is 1.00. The molecule has 17 heavy (non-hydrogen) atoms. The molecule has 0 unspecified atom stereocenters. The van der Waals surface area contributed by atoms with Gasteiger partial charge in [0.25, 0.3) is 0 Å². The van der Waals surface area contributed by atoms with E-state index in [4.69, 9.17) is 5.26 Å². The first-order chi connectivity index (χ1) is 8.15. The van der Waals surface area contributed by atoms with Crippen molar-refractivity contribution >= 4 is 0 Å². The maximum atomic E-state index is 7.84. The molecule has 106 valence electrons. The van der Waals surface area contributed by atoms with Crippen LogP contribution in [0.15, 0.2) is 0 Å². The Balaban J connectivity index is 0. The molecular formula is C13H31NO3. The van der Waals surface area contributed by atoms with Gasteiger partial charge in [-0.15, -0.1) is 0 Å². The van der Waals surface area contributed by atoms with Crippen LogP contribution in [-0.2, 0) is 9.93 Å². The zero-order chi connectivity index (χ0) is 13.4. The van der Waals surface area contributed by atoms with Crippen molar-refractivity contribution in [2.45, 2.75) is 58.3 Å².